The van der Waals surface area contributed by atoms with E-state index in [4.69, 9.17) is 4.74 Å². The van der Waals surface area contributed by atoms with Crippen LogP contribution < -0.4 is 0 Å². The zero-order chi connectivity index (χ0) is 17.3. The molecule has 0 amide bonds. The first-order valence-corrected chi connectivity index (χ1v) is 9.21. The third-order valence-corrected chi connectivity index (χ3v) is 6.35. The average Bonchev–Trinajstić information content (AvgIpc) is 3.12. The van der Waals surface area contributed by atoms with Crippen molar-refractivity contribution in [3.05, 3.63) is 11.9 Å². The molecule has 1 aromatic rings. The summed E-state index contributed by atoms with van der Waals surface area (Å²) in [4.78, 5) is 11.7. The Bertz CT molecular complexity index is 588. The van der Waals surface area contributed by atoms with E-state index < -0.39 is 5.97 Å². The largest absolute Gasteiger partial charge is 0.461 e. The summed E-state index contributed by atoms with van der Waals surface area (Å²) in [6, 6.07) is 0. The highest BCUT2D eigenvalue weighted by Gasteiger charge is 2.52. The Hall–Kier alpha value is -1.43. The van der Waals surface area contributed by atoms with Gasteiger partial charge in [0.05, 0.1) is 18.9 Å². The van der Waals surface area contributed by atoms with Crippen LogP contribution in [0.15, 0.2) is 6.20 Å². The van der Waals surface area contributed by atoms with Gasteiger partial charge in [-0.05, 0) is 55.8 Å². The second-order valence-electron chi connectivity index (χ2n) is 7.78. The monoisotopic (exact) mass is 335 g/mol. The molecule has 3 rings (SSSR count). The summed E-state index contributed by atoms with van der Waals surface area (Å²) in [5, 5.41) is 18.4. The minimum Gasteiger partial charge on any atom is -0.461 e. The van der Waals surface area contributed by atoms with Gasteiger partial charge in [-0.1, -0.05) is 25.5 Å². The maximum atomic E-state index is 11.7. The molecule has 6 heteroatoms. The summed E-state index contributed by atoms with van der Waals surface area (Å²) in [6.45, 7) is 7.48. The molecular formula is C18H29N3O3. The average molecular weight is 335 g/mol. The third-order valence-electron chi connectivity index (χ3n) is 6.35. The fourth-order valence-corrected chi connectivity index (χ4v) is 5.23. The topological polar surface area (TPSA) is 77.2 Å². The van der Waals surface area contributed by atoms with Crippen LogP contribution in [0.1, 0.15) is 63.4 Å². The lowest BCUT2D eigenvalue weighted by Crippen LogP contribution is -2.42. The van der Waals surface area contributed by atoms with E-state index >= 15 is 0 Å². The predicted molar refractivity (Wildman–Crippen MR) is 89.3 cm³/mol. The van der Waals surface area contributed by atoms with Gasteiger partial charge in [0.1, 0.15) is 0 Å². The van der Waals surface area contributed by atoms with Crippen LogP contribution in [0.2, 0.25) is 0 Å². The first kappa shape index (κ1) is 17.4. The molecule has 5 atom stereocenters. The standard InChI is InChI=1S/C18H29N3O3/c1-4-24-17(23)15-11-21(20-19-15)10-12(2)13-7-8-14-16(22)6-5-9-18(13,14)3/h11-14,16,22H,4-10H2,1-3H3/t12-,13?,14+,16+,18-/m1/s1. The zero-order valence-corrected chi connectivity index (χ0v) is 14.9. The SMILES string of the molecule is CCOC(=O)c1cn(C[C@@H](C)C2CC[C@H]3[C@@H](O)CCC[C@]23C)nn1. The lowest BCUT2D eigenvalue weighted by Gasteiger charge is -2.45. The Labute approximate surface area is 143 Å². The van der Waals surface area contributed by atoms with Crippen LogP contribution in [0.4, 0.5) is 0 Å². The number of carbonyl (C=O) groups is 1. The van der Waals surface area contributed by atoms with E-state index in [1.165, 1.54) is 12.8 Å². The highest BCUT2D eigenvalue weighted by Crippen LogP contribution is 2.57. The molecule has 0 bridgehead atoms. The number of esters is 1. The molecule has 0 saturated heterocycles. The van der Waals surface area contributed by atoms with Gasteiger partial charge >= 0.3 is 5.97 Å². The molecule has 2 saturated carbocycles. The van der Waals surface area contributed by atoms with Crippen LogP contribution >= 0.6 is 0 Å². The Kier molecular flexibility index (Phi) is 4.95. The number of aliphatic hydroxyl groups excluding tert-OH is 1. The molecule has 24 heavy (non-hydrogen) atoms. The summed E-state index contributed by atoms with van der Waals surface area (Å²) in [5.41, 5.74) is 0.495. The van der Waals surface area contributed by atoms with Crippen molar-refractivity contribution in [1.82, 2.24) is 15.0 Å². The van der Waals surface area contributed by atoms with Crippen molar-refractivity contribution in [2.45, 2.75) is 65.5 Å². The quantitative estimate of drug-likeness (QED) is 0.837. The van der Waals surface area contributed by atoms with Crippen LogP contribution in [0.25, 0.3) is 0 Å². The number of hydrogen-bond donors (Lipinski definition) is 1. The van der Waals surface area contributed by atoms with Gasteiger partial charge in [-0.25, -0.2) is 4.79 Å². The smallest absolute Gasteiger partial charge is 0.360 e. The molecule has 0 spiro atoms. The van der Waals surface area contributed by atoms with Gasteiger partial charge in [-0.15, -0.1) is 5.10 Å². The fourth-order valence-electron chi connectivity index (χ4n) is 5.23. The molecule has 0 aliphatic heterocycles. The number of nitrogens with zero attached hydrogens (tertiary/aromatic N) is 3. The molecule has 6 nitrogen and oxygen atoms in total. The molecule has 1 N–H and O–H groups in total. The van der Waals surface area contributed by atoms with Crippen LogP contribution in [0.5, 0.6) is 0 Å². The molecule has 134 valence electrons. The number of aromatic nitrogens is 3. The van der Waals surface area contributed by atoms with Crippen molar-refractivity contribution in [3.8, 4) is 0 Å². The van der Waals surface area contributed by atoms with Crippen molar-refractivity contribution in [3.63, 3.8) is 0 Å². The van der Waals surface area contributed by atoms with E-state index in [0.29, 0.717) is 24.4 Å². The van der Waals surface area contributed by atoms with Gasteiger partial charge in [0, 0.05) is 6.54 Å². The Balaban J connectivity index is 1.67. The van der Waals surface area contributed by atoms with E-state index in [9.17, 15) is 9.90 Å². The van der Waals surface area contributed by atoms with Crippen molar-refractivity contribution >= 4 is 5.97 Å². The number of ether oxygens (including phenoxy) is 1. The van der Waals surface area contributed by atoms with Crippen LogP contribution in [0.3, 0.4) is 0 Å². The van der Waals surface area contributed by atoms with E-state index in [0.717, 1.165) is 25.8 Å². The minimum absolute atomic E-state index is 0.136. The Morgan fingerprint density at radius 2 is 2.29 bits per heavy atom. The van der Waals surface area contributed by atoms with Crippen LogP contribution in [-0.4, -0.2) is 38.8 Å². The maximum absolute atomic E-state index is 11.7. The lowest BCUT2D eigenvalue weighted by molar-refractivity contribution is -0.0286. The summed E-state index contributed by atoms with van der Waals surface area (Å²) >= 11 is 0. The molecule has 2 aliphatic carbocycles. The molecule has 2 aliphatic rings. The van der Waals surface area contributed by atoms with Crippen molar-refractivity contribution in [2.75, 3.05) is 6.61 Å². The van der Waals surface area contributed by atoms with Crippen LogP contribution in [0, 0.1) is 23.2 Å². The molecule has 1 heterocycles. The third kappa shape index (κ3) is 3.08. The molecule has 1 aromatic heterocycles. The van der Waals surface area contributed by atoms with Gasteiger partial charge in [-0.3, -0.25) is 4.68 Å². The minimum atomic E-state index is -0.417. The fraction of sp³-hybridized carbons (Fsp3) is 0.833. The van der Waals surface area contributed by atoms with Crippen molar-refractivity contribution in [1.29, 1.82) is 0 Å². The van der Waals surface area contributed by atoms with Gasteiger partial charge in [-0.2, -0.15) is 0 Å². The Morgan fingerprint density at radius 1 is 1.50 bits per heavy atom. The number of fused-ring (bicyclic) bond motifs is 1. The van der Waals surface area contributed by atoms with Crippen molar-refractivity contribution < 1.29 is 14.6 Å². The number of hydrogen-bond acceptors (Lipinski definition) is 5. The van der Waals surface area contributed by atoms with Gasteiger partial charge in [0.25, 0.3) is 0 Å². The highest BCUT2D eigenvalue weighted by molar-refractivity contribution is 5.86. The molecule has 0 radical (unpaired) electrons. The predicted octanol–water partition coefficient (Wildman–Crippen LogP) is 2.67. The number of carbonyl (C=O) groups excluding carboxylic acids is 1. The number of rotatable bonds is 5. The molecule has 2 fully saturated rings. The number of aliphatic hydroxyl groups is 1. The van der Waals surface area contributed by atoms with E-state index in [2.05, 4.69) is 24.2 Å². The van der Waals surface area contributed by atoms with Gasteiger partial charge in [0.15, 0.2) is 5.69 Å². The summed E-state index contributed by atoms with van der Waals surface area (Å²) in [6.07, 6.45) is 7.11. The second-order valence-corrected chi connectivity index (χ2v) is 7.78. The first-order chi connectivity index (χ1) is 11.5. The maximum Gasteiger partial charge on any atom is 0.360 e. The van der Waals surface area contributed by atoms with Gasteiger partial charge < -0.3 is 9.84 Å². The van der Waals surface area contributed by atoms with Crippen molar-refractivity contribution in [2.24, 2.45) is 23.2 Å². The highest BCUT2D eigenvalue weighted by atomic mass is 16.5. The first-order valence-electron chi connectivity index (χ1n) is 9.21. The molecule has 0 aromatic carbocycles. The van der Waals surface area contributed by atoms with E-state index in [1.54, 1.807) is 17.8 Å². The van der Waals surface area contributed by atoms with Gasteiger partial charge in [0.2, 0.25) is 0 Å². The second kappa shape index (κ2) is 6.82. The van der Waals surface area contributed by atoms with E-state index in [1.807, 2.05) is 0 Å². The van der Waals surface area contributed by atoms with E-state index in [-0.39, 0.29) is 17.2 Å². The molecular weight excluding hydrogens is 306 g/mol. The summed E-state index contributed by atoms with van der Waals surface area (Å²) in [5.74, 6) is 1.03. The lowest BCUT2D eigenvalue weighted by atomic mass is 9.62. The zero-order valence-electron chi connectivity index (χ0n) is 14.9. The summed E-state index contributed by atoms with van der Waals surface area (Å²) < 4.78 is 6.72. The van der Waals surface area contributed by atoms with Crippen LogP contribution in [-0.2, 0) is 11.3 Å². The Morgan fingerprint density at radius 3 is 3.04 bits per heavy atom. The molecule has 1 unspecified atom stereocenters. The summed E-state index contributed by atoms with van der Waals surface area (Å²) in [7, 11) is 0. The normalized spacial score (nSPS) is 33.9.